The summed E-state index contributed by atoms with van der Waals surface area (Å²) < 4.78 is 0. The van der Waals surface area contributed by atoms with E-state index in [1.165, 1.54) is 0 Å². The standard InChI is InChI=1S/C15H20N2O3/c1-10-7-12(5-6-16-10)14(18)17-9-11-3-2-4-13(8-11)15(19)20/h2-4,8,10,12,16H,5-7,9H2,1H3,(H,17,18)(H,19,20). The van der Waals surface area contributed by atoms with E-state index >= 15 is 0 Å². The lowest BCUT2D eigenvalue weighted by Gasteiger charge is -2.27. The second-order valence-corrected chi connectivity index (χ2v) is 5.30. The molecule has 1 aromatic rings. The Hall–Kier alpha value is -1.88. The van der Waals surface area contributed by atoms with Crippen molar-refractivity contribution in [2.45, 2.75) is 32.4 Å². The molecular weight excluding hydrogens is 256 g/mol. The average Bonchev–Trinajstić information content (AvgIpc) is 2.45. The molecular formula is C15H20N2O3. The Morgan fingerprint density at radius 1 is 1.45 bits per heavy atom. The number of amides is 1. The zero-order valence-electron chi connectivity index (χ0n) is 11.6. The predicted molar refractivity (Wildman–Crippen MR) is 75.4 cm³/mol. The monoisotopic (exact) mass is 276 g/mol. The lowest BCUT2D eigenvalue weighted by Crippen LogP contribution is -2.42. The van der Waals surface area contributed by atoms with E-state index in [1.807, 2.05) is 6.07 Å². The minimum atomic E-state index is -0.953. The molecule has 1 heterocycles. The Bertz CT molecular complexity index is 502. The van der Waals surface area contributed by atoms with Crippen LogP contribution in [0.3, 0.4) is 0 Å². The molecule has 3 N–H and O–H groups in total. The molecule has 0 radical (unpaired) electrons. The highest BCUT2D eigenvalue weighted by Gasteiger charge is 2.24. The number of benzene rings is 1. The Kier molecular flexibility index (Phi) is 4.74. The summed E-state index contributed by atoms with van der Waals surface area (Å²) in [5, 5.41) is 15.1. The molecule has 0 saturated carbocycles. The van der Waals surface area contributed by atoms with E-state index in [9.17, 15) is 9.59 Å². The number of nitrogens with one attached hydrogen (secondary N) is 2. The van der Waals surface area contributed by atoms with E-state index < -0.39 is 5.97 Å². The van der Waals surface area contributed by atoms with Gasteiger partial charge in [-0.15, -0.1) is 0 Å². The van der Waals surface area contributed by atoms with E-state index in [-0.39, 0.29) is 17.4 Å². The summed E-state index contributed by atoms with van der Waals surface area (Å²) in [7, 11) is 0. The summed E-state index contributed by atoms with van der Waals surface area (Å²) >= 11 is 0. The van der Waals surface area contributed by atoms with Crippen LogP contribution in [0.15, 0.2) is 24.3 Å². The number of piperidine rings is 1. The summed E-state index contributed by atoms with van der Waals surface area (Å²) in [5.74, 6) is -0.849. The lowest BCUT2D eigenvalue weighted by molar-refractivity contribution is -0.126. The topological polar surface area (TPSA) is 78.4 Å². The molecule has 1 aliphatic heterocycles. The van der Waals surface area contributed by atoms with Gasteiger partial charge in [0.15, 0.2) is 0 Å². The second-order valence-electron chi connectivity index (χ2n) is 5.30. The first-order chi connectivity index (χ1) is 9.56. The number of hydrogen-bond donors (Lipinski definition) is 3. The molecule has 0 spiro atoms. The molecule has 1 aliphatic rings. The van der Waals surface area contributed by atoms with Crippen LogP contribution in [0.2, 0.25) is 0 Å². The van der Waals surface area contributed by atoms with Crippen molar-refractivity contribution in [3.8, 4) is 0 Å². The third-order valence-corrected chi connectivity index (χ3v) is 3.64. The second kappa shape index (κ2) is 6.52. The van der Waals surface area contributed by atoms with Gasteiger partial charge in [0.25, 0.3) is 0 Å². The van der Waals surface area contributed by atoms with Crippen molar-refractivity contribution in [2.24, 2.45) is 5.92 Å². The van der Waals surface area contributed by atoms with Crippen molar-refractivity contribution >= 4 is 11.9 Å². The minimum absolute atomic E-state index is 0.0499. The highest BCUT2D eigenvalue weighted by atomic mass is 16.4. The Balaban J connectivity index is 1.89. The zero-order valence-corrected chi connectivity index (χ0v) is 11.6. The number of rotatable bonds is 4. The molecule has 0 aliphatic carbocycles. The first-order valence-corrected chi connectivity index (χ1v) is 6.89. The van der Waals surface area contributed by atoms with E-state index in [0.717, 1.165) is 24.9 Å². The van der Waals surface area contributed by atoms with Gasteiger partial charge in [-0.2, -0.15) is 0 Å². The third-order valence-electron chi connectivity index (χ3n) is 3.64. The van der Waals surface area contributed by atoms with Crippen LogP contribution in [-0.4, -0.2) is 29.6 Å². The van der Waals surface area contributed by atoms with Crippen molar-refractivity contribution in [3.63, 3.8) is 0 Å². The summed E-state index contributed by atoms with van der Waals surface area (Å²) in [5.41, 5.74) is 1.05. The number of carbonyl (C=O) groups is 2. The molecule has 2 atom stereocenters. The molecule has 5 heteroatoms. The first kappa shape index (κ1) is 14.5. The molecule has 2 unspecified atom stereocenters. The van der Waals surface area contributed by atoms with Gasteiger partial charge in [0.1, 0.15) is 0 Å². The molecule has 0 aromatic heterocycles. The summed E-state index contributed by atoms with van der Waals surface area (Å²) in [6.07, 6.45) is 1.70. The number of hydrogen-bond acceptors (Lipinski definition) is 3. The van der Waals surface area contributed by atoms with Crippen molar-refractivity contribution in [2.75, 3.05) is 6.54 Å². The zero-order chi connectivity index (χ0) is 14.5. The summed E-state index contributed by atoms with van der Waals surface area (Å²) in [6.45, 7) is 3.32. The Morgan fingerprint density at radius 2 is 2.25 bits per heavy atom. The van der Waals surface area contributed by atoms with Gasteiger partial charge in [-0.3, -0.25) is 4.79 Å². The number of aromatic carboxylic acids is 1. The number of carboxylic acid groups (broad SMARTS) is 1. The molecule has 1 saturated heterocycles. The van der Waals surface area contributed by atoms with Gasteiger partial charge < -0.3 is 15.7 Å². The van der Waals surface area contributed by atoms with Crippen molar-refractivity contribution in [1.82, 2.24) is 10.6 Å². The first-order valence-electron chi connectivity index (χ1n) is 6.89. The van der Waals surface area contributed by atoms with Crippen molar-refractivity contribution in [1.29, 1.82) is 0 Å². The fraction of sp³-hybridized carbons (Fsp3) is 0.467. The molecule has 2 rings (SSSR count). The normalized spacial score (nSPS) is 22.2. The maximum atomic E-state index is 12.1. The summed E-state index contributed by atoms with van der Waals surface area (Å²) in [4.78, 5) is 23.0. The fourth-order valence-corrected chi connectivity index (χ4v) is 2.52. The van der Waals surface area contributed by atoms with E-state index in [1.54, 1.807) is 18.2 Å². The predicted octanol–water partition coefficient (Wildman–Crippen LogP) is 1.39. The minimum Gasteiger partial charge on any atom is -0.478 e. The molecule has 1 amide bonds. The SMILES string of the molecule is CC1CC(C(=O)NCc2cccc(C(=O)O)c2)CCN1. The van der Waals surface area contributed by atoms with Crippen LogP contribution in [0.5, 0.6) is 0 Å². The Labute approximate surface area is 118 Å². The van der Waals surface area contributed by atoms with Crippen LogP contribution in [0.1, 0.15) is 35.7 Å². The van der Waals surface area contributed by atoms with Crippen LogP contribution in [0, 0.1) is 5.92 Å². The largest absolute Gasteiger partial charge is 0.478 e. The summed E-state index contributed by atoms with van der Waals surface area (Å²) in [6, 6.07) is 7.01. The van der Waals surface area contributed by atoms with Crippen LogP contribution in [0.4, 0.5) is 0 Å². The molecule has 1 aromatic carbocycles. The molecule has 108 valence electrons. The quantitative estimate of drug-likeness (QED) is 0.776. The maximum Gasteiger partial charge on any atom is 0.335 e. The van der Waals surface area contributed by atoms with Crippen LogP contribution in [0.25, 0.3) is 0 Å². The van der Waals surface area contributed by atoms with Crippen molar-refractivity contribution in [3.05, 3.63) is 35.4 Å². The highest BCUT2D eigenvalue weighted by Crippen LogP contribution is 2.16. The number of carbonyl (C=O) groups excluding carboxylic acids is 1. The fourth-order valence-electron chi connectivity index (χ4n) is 2.52. The van der Waals surface area contributed by atoms with Gasteiger partial charge in [0, 0.05) is 18.5 Å². The van der Waals surface area contributed by atoms with E-state index in [4.69, 9.17) is 5.11 Å². The molecule has 0 bridgehead atoms. The molecule has 1 fully saturated rings. The average molecular weight is 276 g/mol. The van der Waals surface area contributed by atoms with Gasteiger partial charge in [-0.05, 0) is 44.0 Å². The van der Waals surface area contributed by atoms with Gasteiger partial charge in [-0.25, -0.2) is 4.79 Å². The highest BCUT2D eigenvalue weighted by molar-refractivity contribution is 5.87. The van der Waals surface area contributed by atoms with Gasteiger partial charge in [0.2, 0.25) is 5.91 Å². The molecule has 20 heavy (non-hydrogen) atoms. The van der Waals surface area contributed by atoms with Gasteiger partial charge in [0.05, 0.1) is 5.56 Å². The Morgan fingerprint density at radius 3 is 2.95 bits per heavy atom. The van der Waals surface area contributed by atoms with Crippen LogP contribution < -0.4 is 10.6 Å². The van der Waals surface area contributed by atoms with Crippen LogP contribution in [-0.2, 0) is 11.3 Å². The van der Waals surface area contributed by atoms with Crippen LogP contribution >= 0.6 is 0 Å². The third kappa shape index (κ3) is 3.81. The number of carboxylic acids is 1. The van der Waals surface area contributed by atoms with Gasteiger partial charge >= 0.3 is 5.97 Å². The molecule has 5 nitrogen and oxygen atoms in total. The smallest absolute Gasteiger partial charge is 0.335 e. The lowest BCUT2D eigenvalue weighted by atomic mass is 9.92. The van der Waals surface area contributed by atoms with Gasteiger partial charge in [-0.1, -0.05) is 12.1 Å². The van der Waals surface area contributed by atoms with E-state index in [2.05, 4.69) is 17.6 Å². The van der Waals surface area contributed by atoms with Crippen molar-refractivity contribution < 1.29 is 14.7 Å². The van der Waals surface area contributed by atoms with E-state index in [0.29, 0.717) is 12.6 Å². The maximum absolute atomic E-state index is 12.1.